The number of amides is 1. The highest BCUT2D eigenvalue weighted by molar-refractivity contribution is 7.22. The molecular weight excluding hydrogens is 386 g/mol. The predicted molar refractivity (Wildman–Crippen MR) is 116 cm³/mol. The minimum Gasteiger partial charge on any atom is -0.478 e. The molecule has 2 heterocycles. The van der Waals surface area contributed by atoms with Gasteiger partial charge in [0.15, 0.2) is 0 Å². The minimum atomic E-state index is -1.05. The Hall–Kier alpha value is -3.71. The molecule has 7 heteroatoms. The summed E-state index contributed by atoms with van der Waals surface area (Å²) < 4.78 is 0.994. The highest BCUT2D eigenvalue weighted by Gasteiger charge is 2.13. The quantitative estimate of drug-likeness (QED) is 0.454. The van der Waals surface area contributed by atoms with Gasteiger partial charge in [-0.15, -0.1) is 11.3 Å². The molecule has 2 aromatic carbocycles. The first kappa shape index (κ1) is 18.6. The van der Waals surface area contributed by atoms with Crippen LogP contribution in [0.25, 0.3) is 20.5 Å². The van der Waals surface area contributed by atoms with E-state index in [0.717, 1.165) is 20.5 Å². The zero-order valence-corrected chi connectivity index (χ0v) is 16.3. The Labute approximate surface area is 170 Å². The molecule has 0 bridgehead atoms. The lowest BCUT2D eigenvalue weighted by molar-refractivity contribution is 0.0696. The van der Waals surface area contributed by atoms with E-state index >= 15 is 0 Å². The highest BCUT2D eigenvalue weighted by atomic mass is 32.1. The maximum Gasteiger partial charge on any atom is 0.337 e. The van der Waals surface area contributed by atoms with Gasteiger partial charge in [0.05, 0.1) is 5.56 Å². The van der Waals surface area contributed by atoms with E-state index in [-0.39, 0.29) is 17.3 Å². The van der Waals surface area contributed by atoms with Crippen molar-refractivity contribution in [1.29, 1.82) is 0 Å². The fraction of sp³-hybridized carbons (Fsp3) is 0.0455. The van der Waals surface area contributed by atoms with Crippen LogP contribution in [0.15, 0.2) is 60.8 Å². The molecule has 0 aliphatic carbocycles. The Balaban J connectivity index is 1.66. The lowest BCUT2D eigenvalue weighted by atomic mass is 10.1. The molecule has 0 unspecified atom stereocenters. The number of nitrogens with one attached hydrogen (secondary N) is 1. The molecule has 29 heavy (non-hydrogen) atoms. The van der Waals surface area contributed by atoms with Gasteiger partial charge in [-0.25, -0.2) is 9.78 Å². The normalized spacial score (nSPS) is 10.8. The Morgan fingerprint density at radius 2 is 1.90 bits per heavy atom. The van der Waals surface area contributed by atoms with Gasteiger partial charge in [0.25, 0.3) is 5.91 Å². The van der Waals surface area contributed by atoms with Crippen molar-refractivity contribution in [2.75, 3.05) is 11.1 Å². The molecule has 0 saturated heterocycles. The van der Waals surface area contributed by atoms with Gasteiger partial charge in [-0.2, -0.15) is 0 Å². The summed E-state index contributed by atoms with van der Waals surface area (Å²) in [5.74, 6) is -0.957. The number of benzene rings is 2. The summed E-state index contributed by atoms with van der Waals surface area (Å²) in [6, 6.07) is 16.5. The van der Waals surface area contributed by atoms with Crippen LogP contribution in [0.5, 0.6) is 0 Å². The number of carboxylic acids is 1. The monoisotopic (exact) mass is 403 g/mol. The summed E-state index contributed by atoms with van der Waals surface area (Å²) >= 11 is 1.49. The van der Waals surface area contributed by atoms with Crippen LogP contribution in [0.4, 0.5) is 11.5 Å². The molecule has 0 aliphatic heterocycles. The first-order valence-electron chi connectivity index (χ1n) is 8.81. The molecule has 4 N–H and O–H groups in total. The molecule has 0 atom stereocenters. The number of carboxylic acid groups (broad SMARTS) is 1. The predicted octanol–water partition coefficient (Wildman–Crippen LogP) is 4.80. The minimum absolute atomic E-state index is 0.0813. The molecule has 2 aromatic heterocycles. The van der Waals surface area contributed by atoms with Crippen LogP contribution in [-0.4, -0.2) is 22.0 Å². The number of fused-ring (bicyclic) bond motifs is 1. The summed E-state index contributed by atoms with van der Waals surface area (Å²) in [4.78, 5) is 28.5. The Bertz CT molecular complexity index is 1260. The Kier molecular flexibility index (Phi) is 4.74. The third-order valence-corrected chi connectivity index (χ3v) is 5.63. The summed E-state index contributed by atoms with van der Waals surface area (Å²) in [7, 11) is 0. The number of carbonyl (C=O) groups excluding carboxylic acids is 1. The van der Waals surface area contributed by atoms with Crippen molar-refractivity contribution in [2.24, 2.45) is 0 Å². The van der Waals surface area contributed by atoms with E-state index < -0.39 is 5.97 Å². The van der Waals surface area contributed by atoms with Crippen LogP contribution < -0.4 is 11.1 Å². The molecule has 0 aliphatic rings. The average Bonchev–Trinajstić information content (AvgIpc) is 3.11. The fourth-order valence-corrected chi connectivity index (χ4v) is 4.10. The summed E-state index contributed by atoms with van der Waals surface area (Å²) in [5, 5.41) is 13.0. The lowest BCUT2D eigenvalue weighted by Crippen LogP contribution is -2.11. The van der Waals surface area contributed by atoms with Crippen molar-refractivity contribution in [3.05, 3.63) is 77.5 Å². The third kappa shape index (κ3) is 3.81. The fourth-order valence-electron chi connectivity index (χ4n) is 3.03. The van der Waals surface area contributed by atoms with Gasteiger partial charge < -0.3 is 16.2 Å². The SMILES string of the molecule is Cc1cccc(C(=O)Nc2ccc3sc(-c4cc(C(=O)O)cnc4N)cc3c2)c1. The van der Waals surface area contributed by atoms with Crippen LogP contribution in [-0.2, 0) is 0 Å². The summed E-state index contributed by atoms with van der Waals surface area (Å²) in [6.45, 7) is 1.94. The molecule has 0 spiro atoms. The number of carbonyl (C=O) groups is 2. The summed E-state index contributed by atoms with van der Waals surface area (Å²) in [5.41, 5.74) is 8.92. The van der Waals surface area contributed by atoms with E-state index in [1.807, 2.05) is 49.4 Å². The second kappa shape index (κ2) is 7.37. The van der Waals surface area contributed by atoms with Crippen molar-refractivity contribution in [1.82, 2.24) is 4.98 Å². The number of thiophene rings is 1. The number of hydrogen-bond acceptors (Lipinski definition) is 5. The number of nitrogen functional groups attached to an aromatic ring is 1. The van der Waals surface area contributed by atoms with Gasteiger partial charge in [-0.1, -0.05) is 17.7 Å². The largest absolute Gasteiger partial charge is 0.478 e. The van der Waals surface area contributed by atoms with Crippen LogP contribution in [0, 0.1) is 6.92 Å². The zero-order valence-electron chi connectivity index (χ0n) is 15.5. The van der Waals surface area contributed by atoms with Crippen molar-refractivity contribution in [3.63, 3.8) is 0 Å². The van der Waals surface area contributed by atoms with Crippen LogP contribution >= 0.6 is 11.3 Å². The number of rotatable bonds is 4. The summed E-state index contributed by atoms with van der Waals surface area (Å²) in [6.07, 6.45) is 1.24. The van der Waals surface area contributed by atoms with E-state index in [4.69, 9.17) is 5.73 Å². The number of aromatic nitrogens is 1. The number of nitrogens with zero attached hydrogens (tertiary/aromatic N) is 1. The van der Waals surface area contributed by atoms with Gasteiger partial charge in [0, 0.05) is 32.6 Å². The van der Waals surface area contributed by atoms with Crippen molar-refractivity contribution in [2.45, 2.75) is 6.92 Å². The van der Waals surface area contributed by atoms with Gasteiger partial charge in [-0.3, -0.25) is 4.79 Å². The zero-order chi connectivity index (χ0) is 20.5. The third-order valence-electron chi connectivity index (χ3n) is 4.49. The van der Waals surface area contributed by atoms with E-state index in [9.17, 15) is 14.7 Å². The molecule has 6 nitrogen and oxygen atoms in total. The lowest BCUT2D eigenvalue weighted by Gasteiger charge is -2.06. The van der Waals surface area contributed by atoms with Gasteiger partial charge in [-0.05, 0) is 54.8 Å². The van der Waals surface area contributed by atoms with E-state index in [1.165, 1.54) is 23.6 Å². The molecule has 0 saturated carbocycles. The maximum absolute atomic E-state index is 12.5. The number of pyridine rings is 1. The van der Waals surface area contributed by atoms with Crippen molar-refractivity contribution in [3.8, 4) is 10.4 Å². The standard InChI is InChI=1S/C22H17N3O3S/c1-12-3-2-4-13(7-12)21(26)25-16-5-6-18-14(8-16)10-19(29-18)17-9-15(22(27)28)11-24-20(17)23/h2-11H,1H3,(H2,23,24)(H,25,26)(H,27,28). The second-order valence-electron chi connectivity index (χ2n) is 6.65. The number of anilines is 2. The van der Waals surface area contributed by atoms with E-state index in [1.54, 1.807) is 6.07 Å². The molecule has 4 rings (SSSR count). The van der Waals surface area contributed by atoms with E-state index in [0.29, 0.717) is 16.8 Å². The molecule has 0 radical (unpaired) electrons. The van der Waals surface area contributed by atoms with Crippen molar-refractivity contribution < 1.29 is 14.7 Å². The van der Waals surface area contributed by atoms with Gasteiger partial charge in [0.1, 0.15) is 5.82 Å². The van der Waals surface area contributed by atoms with Crippen LogP contribution in [0.2, 0.25) is 0 Å². The Morgan fingerprint density at radius 1 is 1.07 bits per heavy atom. The van der Waals surface area contributed by atoms with Gasteiger partial charge >= 0.3 is 5.97 Å². The van der Waals surface area contributed by atoms with Crippen molar-refractivity contribution >= 4 is 44.8 Å². The molecular formula is C22H17N3O3S. The van der Waals surface area contributed by atoms with Crippen LogP contribution in [0.3, 0.4) is 0 Å². The topological polar surface area (TPSA) is 105 Å². The van der Waals surface area contributed by atoms with Gasteiger partial charge in [0.2, 0.25) is 0 Å². The Morgan fingerprint density at radius 3 is 2.66 bits per heavy atom. The molecule has 1 amide bonds. The average molecular weight is 403 g/mol. The van der Waals surface area contributed by atoms with Crippen LogP contribution in [0.1, 0.15) is 26.3 Å². The van der Waals surface area contributed by atoms with E-state index in [2.05, 4.69) is 10.3 Å². The second-order valence-corrected chi connectivity index (χ2v) is 7.73. The first-order valence-corrected chi connectivity index (χ1v) is 9.63. The number of aromatic carboxylic acids is 1. The highest BCUT2D eigenvalue weighted by Crippen LogP contribution is 2.37. The number of hydrogen-bond donors (Lipinski definition) is 3. The molecule has 4 aromatic rings. The first-order chi connectivity index (χ1) is 13.9. The number of aryl methyl sites for hydroxylation is 1. The maximum atomic E-state index is 12.5. The molecule has 144 valence electrons. The number of nitrogens with two attached hydrogens (primary N) is 1. The molecule has 0 fully saturated rings. The smallest absolute Gasteiger partial charge is 0.337 e.